The van der Waals surface area contributed by atoms with Gasteiger partial charge in [-0.3, -0.25) is 0 Å². The fourth-order valence-electron chi connectivity index (χ4n) is 1.52. The lowest BCUT2D eigenvalue weighted by atomic mass is 9.88. The van der Waals surface area contributed by atoms with E-state index in [4.69, 9.17) is 5.11 Å². The first kappa shape index (κ1) is 11.6. The van der Waals surface area contributed by atoms with Crippen molar-refractivity contribution < 1.29 is 25.2 Å². The zero-order chi connectivity index (χ0) is 10.9. The van der Waals surface area contributed by atoms with Crippen molar-refractivity contribution in [3.05, 3.63) is 0 Å². The van der Waals surface area contributed by atoms with E-state index in [2.05, 4.69) is 0 Å². The number of hydrogen-bond donors (Lipinski definition) is 4. The maximum Gasteiger partial charge on any atom is 0.151 e. The summed E-state index contributed by atoms with van der Waals surface area (Å²) in [6, 6.07) is 0. The second kappa shape index (κ2) is 3.94. The van der Waals surface area contributed by atoms with Crippen LogP contribution in [-0.4, -0.2) is 50.6 Å². The second-order valence-corrected chi connectivity index (χ2v) is 4.06. The van der Waals surface area contributed by atoms with Gasteiger partial charge in [0.25, 0.3) is 0 Å². The average Bonchev–Trinajstić information content (AvgIpc) is 2.97. The number of carbonyl (C=O) groups excluding carboxylic acids is 1. The molecule has 5 nitrogen and oxygen atoms in total. The Labute approximate surface area is 82.0 Å². The maximum absolute atomic E-state index is 10.2. The molecule has 1 rings (SSSR count). The summed E-state index contributed by atoms with van der Waals surface area (Å²) in [5, 5.41) is 37.6. The van der Waals surface area contributed by atoms with Gasteiger partial charge in [-0.1, -0.05) is 0 Å². The van der Waals surface area contributed by atoms with Gasteiger partial charge in [-0.05, 0) is 25.7 Å². The molecule has 5 heteroatoms. The van der Waals surface area contributed by atoms with Gasteiger partial charge >= 0.3 is 0 Å². The zero-order valence-corrected chi connectivity index (χ0v) is 8.00. The van der Waals surface area contributed by atoms with E-state index in [1.807, 2.05) is 0 Å². The lowest BCUT2D eigenvalue weighted by Gasteiger charge is -2.33. The predicted octanol–water partition coefficient (Wildman–Crippen LogP) is -1.57. The highest BCUT2D eigenvalue weighted by Gasteiger charge is 2.48. The lowest BCUT2D eigenvalue weighted by molar-refractivity contribution is -0.157. The van der Waals surface area contributed by atoms with E-state index >= 15 is 0 Å². The largest absolute Gasteiger partial charge is 0.387 e. The standard InChI is InChI=1S/C9H16O5/c1-9(14,5-2-3-5)8(13)7(12)6(11)4-10/h4-8,11-14H,2-3H2,1H3/t6-,7+,8+,9-/m1/s1. The van der Waals surface area contributed by atoms with Gasteiger partial charge in [0.1, 0.15) is 18.3 Å². The molecule has 14 heavy (non-hydrogen) atoms. The molecule has 0 saturated heterocycles. The van der Waals surface area contributed by atoms with Crippen LogP contribution in [0.15, 0.2) is 0 Å². The van der Waals surface area contributed by atoms with Crippen molar-refractivity contribution in [1.82, 2.24) is 0 Å². The molecule has 0 aliphatic heterocycles. The number of hydrogen-bond acceptors (Lipinski definition) is 5. The fourth-order valence-corrected chi connectivity index (χ4v) is 1.52. The minimum absolute atomic E-state index is 0.0639. The molecule has 0 amide bonds. The number of aldehydes is 1. The molecule has 0 aromatic rings. The SMILES string of the molecule is C[C@@](O)(C1CC1)[C@@H](O)[C@@H](O)[C@H](O)C=O. The third-order valence-electron chi connectivity index (χ3n) is 2.82. The van der Waals surface area contributed by atoms with Crippen molar-refractivity contribution in [3.63, 3.8) is 0 Å². The second-order valence-electron chi connectivity index (χ2n) is 4.06. The summed E-state index contributed by atoms with van der Waals surface area (Å²) in [6.07, 6.45) is -3.09. The first-order chi connectivity index (χ1) is 6.41. The molecular formula is C9H16O5. The van der Waals surface area contributed by atoms with Gasteiger partial charge in [0.05, 0.1) is 5.60 Å². The topological polar surface area (TPSA) is 98.0 Å². The molecule has 0 bridgehead atoms. The smallest absolute Gasteiger partial charge is 0.151 e. The van der Waals surface area contributed by atoms with E-state index in [1.54, 1.807) is 0 Å². The Bertz CT molecular complexity index is 211. The van der Waals surface area contributed by atoms with Crippen LogP contribution in [0.2, 0.25) is 0 Å². The van der Waals surface area contributed by atoms with Gasteiger partial charge < -0.3 is 25.2 Å². The Morgan fingerprint density at radius 2 is 1.86 bits per heavy atom. The van der Waals surface area contributed by atoms with E-state index in [0.29, 0.717) is 0 Å². The molecule has 0 spiro atoms. The average molecular weight is 204 g/mol. The highest BCUT2D eigenvalue weighted by Crippen LogP contribution is 2.42. The van der Waals surface area contributed by atoms with E-state index in [9.17, 15) is 20.1 Å². The van der Waals surface area contributed by atoms with Crippen LogP contribution in [0.5, 0.6) is 0 Å². The van der Waals surface area contributed by atoms with Gasteiger partial charge in [-0.15, -0.1) is 0 Å². The minimum atomic E-state index is -1.66. The van der Waals surface area contributed by atoms with Gasteiger partial charge in [0, 0.05) is 0 Å². The molecule has 0 unspecified atom stereocenters. The Balaban J connectivity index is 2.62. The lowest BCUT2D eigenvalue weighted by Crippen LogP contribution is -2.52. The van der Waals surface area contributed by atoms with Crippen LogP contribution in [0.4, 0.5) is 0 Å². The molecule has 1 fully saturated rings. The molecule has 0 aromatic carbocycles. The summed E-state index contributed by atoms with van der Waals surface area (Å²) in [4.78, 5) is 10.2. The predicted molar refractivity (Wildman–Crippen MR) is 47.4 cm³/mol. The molecule has 4 atom stereocenters. The Morgan fingerprint density at radius 3 is 2.21 bits per heavy atom. The number of aliphatic hydroxyl groups is 4. The van der Waals surface area contributed by atoms with Crippen LogP contribution >= 0.6 is 0 Å². The third-order valence-corrected chi connectivity index (χ3v) is 2.82. The van der Waals surface area contributed by atoms with Gasteiger partial charge in [0.2, 0.25) is 0 Å². The van der Waals surface area contributed by atoms with Crippen LogP contribution in [0.1, 0.15) is 19.8 Å². The zero-order valence-electron chi connectivity index (χ0n) is 8.00. The van der Waals surface area contributed by atoms with Crippen molar-refractivity contribution in [2.24, 2.45) is 5.92 Å². The Morgan fingerprint density at radius 1 is 1.36 bits per heavy atom. The van der Waals surface area contributed by atoms with Crippen molar-refractivity contribution in [1.29, 1.82) is 0 Å². The molecule has 82 valence electrons. The first-order valence-corrected chi connectivity index (χ1v) is 4.63. The molecule has 1 saturated carbocycles. The summed E-state index contributed by atoms with van der Waals surface area (Å²) >= 11 is 0. The number of aliphatic hydroxyl groups excluding tert-OH is 3. The van der Waals surface area contributed by atoms with Gasteiger partial charge in [-0.2, -0.15) is 0 Å². The van der Waals surface area contributed by atoms with Crippen LogP contribution in [0, 0.1) is 5.92 Å². The van der Waals surface area contributed by atoms with E-state index < -0.39 is 23.9 Å². The maximum atomic E-state index is 10.2. The Hall–Kier alpha value is -0.490. The van der Waals surface area contributed by atoms with Crippen LogP contribution < -0.4 is 0 Å². The van der Waals surface area contributed by atoms with Crippen molar-refractivity contribution in [2.75, 3.05) is 0 Å². The monoisotopic (exact) mass is 204 g/mol. The van der Waals surface area contributed by atoms with Gasteiger partial charge in [-0.25, -0.2) is 0 Å². The summed E-state index contributed by atoms with van der Waals surface area (Å²) < 4.78 is 0. The summed E-state index contributed by atoms with van der Waals surface area (Å²) in [6.45, 7) is 1.40. The first-order valence-electron chi connectivity index (χ1n) is 4.63. The summed E-state index contributed by atoms with van der Waals surface area (Å²) in [5.41, 5.74) is -1.44. The normalized spacial score (nSPS) is 27.5. The highest BCUT2D eigenvalue weighted by molar-refractivity contribution is 5.56. The van der Waals surface area contributed by atoms with Gasteiger partial charge in [0.15, 0.2) is 6.29 Å². The molecule has 4 N–H and O–H groups in total. The number of carbonyl (C=O) groups is 1. The molecule has 0 aromatic heterocycles. The molecular weight excluding hydrogens is 188 g/mol. The number of rotatable bonds is 5. The minimum Gasteiger partial charge on any atom is -0.387 e. The van der Waals surface area contributed by atoms with Crippen LogP contribution in [0.25, 0.3) is 0 Å². The summed E-state index contributed by atoms with van der Waals surface area (Å²) in [7, 11) is 0. The quantitative estimate of drug-likeness (QED) is 0.405. The summed E-state index contributed by atoms with van der Waals surface area (Å²) in [5.74, 6) is -0.0639. The molecule has 1 aliphatic carbocycles. The van der Waals surface area contributed by atoms with Crippen LogP contribution in [0.3, 0.4) is 0 Å². The van der Waals surface area contributed by atoms with E-state index in [0.717, 1.165) is 12.8 Å². The van der Waals surface area contributed by atoms with E-state index in [-0.39, 0.29) is 12.2 Å². The van der Waals surface area contributed by atoms with Crippen LogP contribution in [-0.2, 0) is 4.79 Å². The van der Waals surface area contributed by atoms with Crippen molar-refractivity contribution in [3.8, 4) is 0 Å². The Kier molecular flexibility index (Phi) is 3.26. The highest BCUT2D eigenvalue weighted by atomic mass is 16.4. The third kappa shape index (κ3) is 2.12. The van der Waals surface area contributed by atoms with Crippen molar-refractivity contribution in [2.45, 2.75) is 43.7 Å². The fraction of sp³-hybridized carbons (Fsp3) is 0.889. The molecule has 0 heterocycles. The molecule has 0 radical (unpaired) electrons. The van der Waals surface area contributed by atoms with Crippen molar-refractivity contribution >= 4 is 6.29 Å². The van der Waals surface area contributed by atoms with E-state index in [1.165, 1.54) is 6.92 Å². The molecule has 1 aliphatic rings.